The topological polar surface area (TPSA) is 56.3 Å². The molecule has 0 spiro atoms. The standard InChI is InChI=1S/C16H12BrClF2N4O/c17-9-2-1-3-12(25-15(19)20)14(9)23-7-13(21)24-11-5-4-8(18)6-10(11)22-16(23)24/h1-6,13,15H,7,21H2. The Bertz CT molecular complexity index is 965. The second-order valence-electron chi connectivity index (χ2n) is 5.56. The van der Waals surface area contributed by atoms with Gasteiger partial charge in [-0.25, -0.2) is 4.98 Å². The largest absolute Gasteiger partial charge is 0.433 e. The van der Waals surface area contributed by atoms with Crippen LogP contribution in [-0.4, -0.2) is 22.7 Å². The number of para-hydroxylation sites is 1. The summed E-state index contributed by atoms with van der Waals surface area (Å²) in [5, 5.41) is 0.562. The monoisotopic (exact) mass is 428 g/mol. The number of nitrogens with zero attached hydrogens (tertiary/aromatic N) is 3. The van der Waals surface area contributed by atoms with Gasteiger partial charge in [-0.2, -0.15) is 8.78 Å². The molecule has 0 amide bonds. The van der Waals surface area contributed by atoms with Gasteiger partial charge in [0.15, 0.2) is 5.75 Å². The second kappa shape index (κ2) is 6.12. The van der Waals surface area contributed by atoms with Gasteiger partial charge in [0, 0.05) is 9.50 Å². The van der Waals surface area contributed by atoms with Crippen LogP contribution in [0.1, 0.15) is 6.17 Å². The lowest BCUT2D eigenvalue weighted by molar-refractivity contribution is -0.0495. The minimum absolute atomic E-state index is 0.0510. The Balaban J connectivity index is 1.89. The summed E-state index contributed by atoms with van der Waals surface area (Å²) in [6, 6.07) is 10.2. The third-order valence-electron chi connectivity index (χ3n) is 4.01. The van der Waals surface area contributed by atoms with Crippen molar-refractivity contribution in [1.29, 1.82) is 0 Å². The first-order valence-electron chi connectivity index (χ1n) is 7.39. The van der Waals surface area contributed by atoms with Crippen LogP contribution in [0.25, 0.3) is 11.0 Å². The van der Waals surface area contributed by atoms with Crippen LogP contribution in [0.2, 0.25) is 5.02 Å². The maximum Gasteiger partial charge on any atom is 0.387 e. The Kier molecular flexibility index (Phi) is 4.05. The van der Waals surface area contributed by atoms with Gasteiger partial charge < -0.3 is 15.4 Å². The Morgan fingerprint density at radius 2 is 2.12 bits per heavy atom. The first-order chi connectivity index (χ1) is 12.0. The molecule has 2 N–H and O–H groups in total. The fourth-order valence-corrected chi connectivity index (χ4v) is 3.80. The van der Waals surface area contributed by atoms with Crippen molar-refractivity contribution in [3.63, 3.8) is 0 Å². The van der Waals surface area contributed by atoms with Crippen LogP contribution in [-0.2, 0) is 0 Å². The highest BCUT2D eigenvalue weighted by molar-refractivity contribution is 9.10. The Labute approximate surface area is 155 Å². The smallest absolute Gasteiger partial charge is 0.387 e. The van der Waals surface area contributed by atoms with Crippen molar-refractivity contribution in [3.05, 3.63) is 45.9 Å². The maximum absolute atomic E-state index is 12.8. The Hall–Kier alpha value is -1.90. The highest BCUT2D eigenvalue weighted by atomic mass is 79.9. The summed E-state index contributed by atoms with van der Waals surface area (Å²) >= 11 is 9.44. The van der Waals surface area contributed by atoms with Crippen LogP contribution in [0.5, 0.6) is 5.75 Å². The molecule has 0 fully saturated rings. The number of alkyl halides is 2. The van der Waals surface area contributed by atoms with E-state index in [4.69, 9.17) is 17.3 Å². The third kappa shape index (κ3) is 2.74. The van der Waals surface area contributed by atoms with Crippen molar-refractivity contribution in [2.24, 2.45) is 5.73 Å². The molecule has 4 rings (SSSR count). The van der Waals surface area contributed by atoms with E-state index in [9.17, 15) is 8.78 Å². The van der Waals surface area contributed by atoms with Crippen molar-refractivity contribution in [3.8, 4) is 5.75 Å². The molecular formula is C16H12BrClF2N4O. The third-order valence-corrected chi connectivity index (χ3v) is 4.89. The quantitative estimate of drug-likeness (QED) is 0.658. The highest BCUT2D eigenvalue weighted by Gasteiger charge is 2.33. The van der Waals surface area contributed by atoms with Gasteiger partial charge >= 0.3 is 6.61 Å². The zero-order valence-electron chi connectivity index (χ0n) is 12.7. The first-order valence-corrected chi connectivity index (χ1v) is 8.56. The summed E-state index contributed by atoms with van der Waals surface area (Å²) in [6.07, 6.45) is -0.382. The molecule has 1 unspecified atom stereocenters. The van der Waals surface area contributed by atoms with E-state index in [1.807, 2.05) is 10.6 Å². The molecule has 0 aliphatic carbocycles. The average molecular weight is 430 g/mol. The number of ether oxygens (including phenoxy) is 1. The molecule has 0 bridgehead atoms. The van der Waals surface area contributed by atoms with E-state index < -0.39 is 6.61 Å². The lowest BCUT2D eigenvalue weighted by Gasteiger charge is -2.21. The number of rotatable bonds is 3. The zero-order chi connectivity index (χ0) is 17.7. The van der Waals surface area contributed by atoms with E-state index in [-0.39, 0.29) is 11.9 Å². The average Bonchev–Trinajstić information content (AvgIpc) is 3.04. The first kappa shape index (κ1) is 16.6. The van der Waals surface area contributed by atoms with Crippen LogP contribution in [0.3, 0.4) is 0 Å². The summed E-state index contributed by atoms with van der Waals surface area (Å²) in [5.74, 6) is 0.603. The lowest BCUT2D eigenvalue weighted by Crippen LogP contribution is -2.23. The van der Waals surface area contributed by atoms with E-state index in [1.54, 1.807) is 29.2 Å². The minimum atomic E-state index is -2.93. The highest BCUT2D eigenvalue weighted by Crippen LogP contribution is 2.44. The van der Waals surface area contributed by atoms with Gasteiger partial charge in [-0.1, -0.05) is 17.7 Å². The summed E-state index contributed by atoms with van der Waals surface area (Å²) in [4.78, 5) is 6.35. The number of nitrogens with two attached hydrogens (primary N) is 1. The molecule has 1 atom stereocenters. The summed E-state index contributed by atoms with van der Waals surface area (Å²) in [5.41, 5.74) is 8.24. The fourth-order valence-electron chi connectivity index (χ4n) is 3.07. The van der Waals surface area contributed by atoms with Crippen molar-refractivity contribution in [2.75, 3.05) is 11.4 Å². The van der Waals surface area contributed by atoms with Crippen molar-refractivity contribution < 1.29 is 13.5 Å². The predicted octanol–water partition coefficient (Wildman–Crippen LogP) is 4.66. The van der Waals surface area contributed by atoms with E-state index in [2.05, 4.69) is 25.7 Å². The van der Waals surface area contributed by atoms with Crippen LogP contribution in [0.4, 0.5) is 20.4 Å². The molecule has 2 aromatic carbocycles. The van der Waals surface area contributed by atoms with Gasteiger partial charge in [-0.15, -0.1) is 0 Å². The van der Waals surface area contributed by atoms with Gasteiger partial charge in [0.05, 0.1) is 17.6 Å². The van der Waals surface area contributed by atoms with Crippen LogP contribution in [0, 0.1) is 0 Å². The number of halogens is 4. The number of benzene rings is 2. The number of hydrogen-bond donors (Lipinski definition) is 1. The zero-order valence-corrected chi connectivity index (χ0v) is 15.0. The Morgan fingerprint density at radius 1 is 1.32 bits per heavy atom. The van der Waals surface area contributed by atoms with E-state index in [0.29, 0.717) is 33.2 Å². The van der Waals surface area contributed by atoms with Crippen molar-refractivity contribution in [2.45, 2.75) is 12.8 Å². The fraction of sp³-hybridized carbons (Fsp3) is 0.188. The molecule has 2 heterocycles. The number of aromatic nitrogens is 2. The number of anilines is 2. The molecular weight excluding hydrogens is 418 g/mol. The predicted molar refractivity (Wildman–Crippen MR) is 95.7 cm³/mol. The minimum Gasteiger partial charge on any atom is -0.433 e. The van der Waals surface area contributed by atoms with Crippen molar-refractivity contribution in [1.82, 2.24) is 9.55 Å². The molecule has 0 radical (unpaired) electrons. The summed E-state index contributed by atoms with van der Waals surface area (Å²) in [7, 11) is 0. The number of imidazole rings is 1. The van der Waals surface area contributed by atoms with Crippen LogP contribution >= 0.6 is 27.5 Å². The molecule has 130 valence electrons. The molecule has 3 aromatic rings. The van der Waals surface area contributed by atoms with Gasteiger partial charge in [0.2, 0.25) is 5.95 Å². The summed E-state index contributed by atoms with van der Waals surface area (Å²) in [6.45, 7) is -2.55. The maximum atomic E-state index is 12.8. The van der Waals surface area contributed by atoms with Crippen molar-refractivity contribution >= 4 is 50.2 Å². The van der Waals surface area contributed by atoms with E-state index in [1.165, 1.54) is 6.07 Å². The normalized spacial score (nSPS) is 16.7. The molecule has 25 heavy (non-hydrogen) atoms. The molecule has 1 aromatic heterocycles. The van der Waals surface area contributed by atoms with Gasteiger partial charge in [-0.3, -0.25) is 4.57 Å². The van der Waals surface area contributed by atoms with Crippen LogP contribution < -0.4 is 15.4 Å². The van der Waals surface area contributed by atoms with Gasteiger partial charge in [0.25, 0.3) is 0 Å². The van der Waals surface area contributed by atoms with Gasteiger partial charge in [0.1, 0.15) is 11.9 Å². The molecule has 0 saturated heterocycles. The summed E-state index contributed by atoms with van der Waals surface area (Å²) < 4.78 is 32.7. The molecule has 5 nitrogen and oxygen atoms in total. The lowest BCUT2D eigenvalue weighted by atomic mass is 10.2. The molecule has 1 aliphatic heterocycles. The Morgan fingerprint density at radius 3 is 2.88 bits per heavy atom. The molecule has 0 saturated carbocycles. The van der Waals surface area contributed by atoms with Crippen LogP contribution in [0.15, 0.2) is 40.9 Å². The van der Waals surface area contributed by atoms with Gasteiger partial charge in [-0.05, 0) is 46.3 Å². The van der Waals surface area contributed by atoms with E-state index in [0.717, 1.165) is 5.52 Å². The SMILES string of the molecule is NC1CN(c2c(Br)cccc2OC(F)F)c2nc3cc(Cl)ccc3n21. The number of fused-ring (bicyclic) bond motifs is 3. The second-order valence-corrected chi connectivity index (χ2v) is 6.85. The molecule has 1 aliphatic rings. The number of hydrogen-bond acceptors (Lipinski definition) is 4. The molecule has 9 heteroatoms. The van der Waals surface area contributed by atoms with E-state index >= 15 is 0 Å².